The number of benzene rings is 1. The van der Waals surface area contributed by atoms with Crippen LogP contribution >= 0.6 is 0 Å². The molecule has 0 spiro atoms. The summed E-state index contributed by atoms with van der Waals surface area (Å²) in [5.41, 5.74) is 3.51. The van der Waals surface area contributed by atoms with Gasteiger partial charge in [0.15, 0.2) is 0 Å². The van der Waals surface area contributed by atoms with Crippen molar-refractivity contribution in [2.45, 2.75) is 58.8 Å². The fraction of sp³-hybridized carbons (Fsp3) is 0.522. The zero-order chi connectivity index (χ0) is 21.2. The molecule has 0 aliphatic carbocycles. The van der Waals surface area contributed by atoms with Gasteiger partial charge in [0.05, 0.1) is 7.11 Å². The van der Waals surface area contributed by atoms with E-state index in [1.165, 1.54) is 12.7 Å². The Morgan fingerprint density at radius 2 is 1.79 bits per heavy atom. The van der Waals surface area contributed by atoms with E-state index in [0.717, 1.165) is 50.0 Å². The number of hydrogen-bond donors (Lipinski definition) is 0. The molecule has 6 heteroatoms. The van der Waals surface area contributed by atoms with Gasteiger partial charge in [-0.1, -0.05) is 0 Å². The third kappa shape index (κ3) is 6.73. The number of hydrogen-bond acceptors (Lipinski definition) is 3. The second-order valence-electron chi connectivity index (χ2n) is 7.42. The molecule has 0 radical (unpaired) electrons. The van der Waals surface area contributed by atoms with Crippen LogP contribution in [0.15, 0.2) is 30.3 Å². The first-order valence-electron chi connectivity index (χ1n) is 10.7. The fourth-order valence-corrected chi connectivity index (χ4v) is 6.79. The third-order valence-electron chi connectivity index (χ3n) is 5.51. The molecule has 29 heavy (non-hydrogen) atoms. The summed E-state index contributed by atoms with van der Waals surface area (Å²) in [6.07, 6.45) is 6.81. The Balaban J connectivity index is 1.90. The molecule has 5 nitrogen and oxygen atoms in total. The molecule has 1 unspecified atom stereocenters. The van der Waals surface area contributed by atoms with Gasteiger partial charge < -0.3 is 4.74 Å². The predicted molar refractivity (Wildman–Crippen MR) is 120 cm³/mol. The van der Waals surface area contributed by atoms with Gasteiger partial charge in [-0.15, -0.1) is 0 Å². The van der Waals surface area contributed by atoms with Crippen molar-refractivity contribution < 1.29 is 14.3 Å². The van der Waals surface area contributed by atoms with E-state index >= 15 is 0 Å². The first-order valence-corrected chi connectivity index (χ1v) is 14.0. The molecular formula is C23H33InN2O3. The van der Waals surface area contributed by atoms with Crippen LogP contribution in [0.5, 0.6) is 0 Å². The molecule has 2 amide bonds. The molecule has 1 atom stereocenters. The van der Waals surface area contributed by atoms with Crippen LogP contribution in [0, 0.1) is 0 Å². The van der Waals surface area contributed by atoms with Crippen LogP contribution in [0.4, 0.5) is 4.79 Å². The number of esters is 1. The van der Waals surface area contributed by atoms with E-state index in [1.807, 2.05) is 21.6 Å². The minimum absolute atomic E-state index is 0.121. The number of methoxy groups -OCH3 is 1. The SMILES string of the molecule is CCN(CC)C(=O)[N]1[In]=[CH]C=C1c1ccc(C(C)CCCCCC(=O)OC)cc1. The Morgan fingerprint density at radius 3 is 2.41 bits per heavy atom. The normalized spacial score (nSPS) is 13.7. The molecule has 2 rings (SSSR count). The maximum absolute atomic E-state index is 12.8. The maximum atomic E-state index is 12.8. The number of urea groups is 1. The molecule has 0 fully saturated rings. The standard InChI is InChI=1S/C23H34N2O3.In/c1-6-21(24-23(27)25(7-2)8-3)20-16-14-19(15-17-20)18(4)12-10-9-11-13-22(26)28-5;/h1,6,14-18H,7-13H2,2-5H3,(H,24,27);/q;+1/p-1. The Bertz CT molecular complexity index is 739. The second-order valence-corrected chi connectivity index (χ2v) is 10.8. The molecule has 1 aromatic rings. The number of ether oxygens (including phenoxy) is 1. The van der Waals surface area contributed by atoms with Crippen LogP contribution in [-0.2, 0) is 9.53 Å². The Morgan fingerprint density at radius 1 is 1.10 bits per heavy atom. The topological polar surface area (TPSA) is 49.9 Å². The first kappa shape index (κ1) is 23.7. The van der Waals surface area contributed by atoms with Gasteiger partial charge in [-0.25, -0.2) is 0 Å². The summed E-state index contributed by atoms with van der Waals surface area (Å²) in [5, 5.41) is 0. The number of rotatable bonds is 10. The summed E-state index contributed by atoms with van der Waals surface area (Å²) < 4.78 is 8.96. The van der Waals surface area contributed by atoms with Gasteiger partial charge in [0.2, 0.25) is 0 Å². The number of carbonyl (C=O) groups is 2. The molecule has 1 aliphatic rings. The van der Waals surface area contributed by atoms with Crippen molar-refractivity contribution in [2.75, 3.05) is 20.2 Å². The molecule has 0 N–H and O–H groups in total. The van der Waals surface area contributed by atoms with E-state index < -0.39 is 22.7 Å². The number of nitrogens with zero attached hydrogens (tertiary/aromatic N) is 2. The molecule has 1 heterocycles. The molecule has 0 bridgehead atoms. The van der Waals surface area contributed by atoms with Gasteiger partial charge in [-0.05, 0) is 0 Å². The summed E-state index contributed by atoms with van der Waals surface area (Å²) in [5.74, 6) is 0.363. The number of amides is 2. The van der Waals surface area contributed by atoms with Crippen molar-refractivity contribution in [1.29, 1.82) is 0 Å². The second kappa shape index (κ2) is 12.2. The van der Waals surface area contributed by atoms with Gasteiger partial charge in [0.1, 0.15) is 0 Å². The average Bonchev–Trinajstić information content (AvgIpc) is 3.24. The summed E-state index contributed by atoms with van der Waals surface area (Å²) in [6, 6.07) is 8.85. The van der Waals surface area contributed by atoms with E-state index in [2.05, 4.69) is 45.8 Å². The molecule has 1 aliphatic heterocycles. The molecule has 1 aromatic carbocycles. The van der Waals surface area contributed by atoms with Crippen LogP contribution in [-0.4, -0.2) is 66.5 Å². The Labute approximate surface area is 186 Å². The van der Waals surface area contributed by atoms with Crippen LogP contribution in [0.1, 0.15) is 69.9 Å². The van der Waals surface area contributed by atoms with Crippen LogP contribution < -0.4 is 0 Å². The quantitative estimate of drug-likeness (QED) is 0.353. The van der Waals surface area contributed by atoms with E-state index in [4.69, 9.17) is 0 Å². The van der Waals surface area contributed by atoms with Crippen molar-refractivity contribution in [2.24, 2.45) is 0 Å². The van der Waals surface area contributed by atoms with E-state index in [0.29, 0.717) is 12.3 Å². The van der Waals surface area contributed by atoms with E-state index in [1.54, 1.807) is 0 Å². The number of carbonyl (C=O) groups excluding carboxylic acids is 2. The van der Waals surface area contributed by atoms with E-state index in [-0.39, 0.29) is 12.0 Å². The van der Waals surface area contributed by atoms with E-state index in [9.17, 15) is 9.59 Å². The van der Waals surface area contributed by atoms with Gasteiger partial charge in [0.25, 0.3) is 0 Å². The third-order valence-corrected chi connectivity index (χ3v) is 8.83. The number of unbranched alkanes of at least 4 members (excludes halogenated alkanes) is 2. The Hall–Kier alpha value is -1.56. The average molecular weight is 500 g/mol. The van der Waals surface area contributed by atoms with Gasteiger partial charge in [0, 0.05) is 0 Å². The summed E-state index contributed by atoms with van der Waals surface area (Å²) in [7, 11) is 1.44. The van der Waals surface area contributed by atoms with Crippen LogP contribution in [0.3, 0.4) is 0 Å². The first-order chi connectivity index (χ1) is 14.0. The molecule has 156 valence electrons. The zero-order valence-electron chi connectivity index (χ0n) is 18.2. The number of allylic oxidation sites excluding steroid dienone is 1. The van der Waals surface area contributed by atoms with Crippen molar-refractivity contribution in [3.63, 3.8) is 0 Å². The van der Waals surface area contributed by atoms with Crippen molar-refractivity contribution in [3.05, 3.63) is 41.5 Å². The van der Waals surface area contributed by atoms with Crippen molar-refractivity contribution in [3.8, 4) is 0 Å². The molecule has 0 saturated carbocycles. The monoisotopic (exact) mass is 500 g/mol. The molecule has 0 saturated heterocycles. The fourth-order valence-electron chi connectivity index (χ4n) is 3.58. The minimum atomic E-state index is -1.19. The zero-order valence-corrected chi connectivity index (χ0v) is 21.5. The summed E-state index contributed by atoms with van der Waals surface area (Å²) in [6.45, 7) is 7.81. The van der Waals surface area contributed by atoms with Crippen molar-refractivity contribution in [1.82, 2.24) is 7.79 Å². The van der Waals surface area contributed by atoms with Crippen LogP contribution in [0.2, 0.25) is 0 Å². The predicted octanol–water partition coefficient (Wildman–Crippen LogP) is 4.45. The summed E-state index contributed by atoms with van der Waals surface area (Å²) in [4.78, 5) is 25.9. The summed E-state index contributed by atoms with van der Waals surface area (Å²) >= 11 is -1.19. The molecular weight excluding hydrogens is 467 g/mol. The van der Waals surface area contributed by atoms with Gasteiger partial charge in [-0.3, -0.25) is 4.79 Å². The Kier molecular flexibility index (Phi) is 9.98. The van der Waals surface area contributed by atoms with Crippen LogP contribution in [0.25, 0.3) is 5.70 Å². The van der Waals surface area contributed by atoms with Crippen molar-refractivity contribution >= 4 is 44.2 Å². The molecule has 0 aromatic heterocycles. The van der Waals surface area contributed by atoms with Gasteiger partial charge >= 0.3 is 170 Å². The van der Waals surface area contributed by atoms with Gasteiger partial charge in [-0.2, -0.15) is 0 Å².